The third-order valence-electron chi connectivity index (χ3n) is 4.18. The molecule has 156 valence electrons. The molecular weight excluding hydrogens is 429 g/mol. The molecule has 0 radical (unpaired) electrons. The molecular formula is C20H19ClFN5O2S. The zero-order valence-corrected chi connectivity index (χ0v) is 17.9. The highest BCUT2D eigenvalue weighted by Crippen LogP contribution is 2.21. The van der Waals surface area contributed by atoms with E-state index < -0.39 is 11.7 Å². The Bertz CT molecular complexity index is 1090. The fraction of sp³-hybridized carbons (Fsp3) is 0.200. The van der Waals surface area contributed by atoms with Crippen LogP contribution < -0.4 is 10.6 Å². The summed E-state index contributed by atoms with van der Waals surface area (Å²) in [6.07, 6.45) is -0.0769. The Morgan fingerprint density at radius 3 is 2.63 bits per heavy atom. The van der Waals surface area contributed by atoms with Gasteiger partial charge in [0.25, 0.3) is 0 Å². The minimum absolute atomic E-state index is 0.0769. The van der Waals surface area contributed by atoms with Crippen LogP contribution in [0.25, 0.3) is 0 Å². The first-order valence-corrected chi connectivity index (χ1v) is 10.3. The maximum Gasteiger partial charge on any atom is 0.234 e. The lowest BCUT2D eigenvalue weighted by molar-refractivity contribution is -0.116. The zero-order valence-electron chi connectivity index (χ0n) is 16.3. The van der Waals surface area contributed by atoms with Crippen molar-refractivity contribution in [3.63, 3.8) is 0 Å². The smallest absolute Gasteiger partial charge is 0.234 e. The van der Waals surface area contributed by atoms with Crippen LogP contribution >= 0.6 is 23.4 Å². The first-order valence-electron chi connectivity index (χ1n) is 8.95. The van der Waals surface area contributed by atoms with Gasteiger partial charge in [0.2, 0.25) is 11.8 Å². The van der Waals surface area contributed by atoms with E-state index in [1.807, 2.05) is 13.0 Å². The minimum atomic E-state index is -0.513. The molecule has 2 aromatic carbocycles. The van der Waals surface area contributed by atoms with E-state index in [2.05, 4.69) is 20.8 Å². The highest BCUT2D eigenvalue weighted by atomic mass is 35.5. The Kier molecular flexibility index (Phi) is 7.07. The molecule has 0 saturated carbocycles. The second-order valence-corrected chi connectivity index (χ2v) is 7.81. The van der Waals surface area contributed by atoms with E-state index in [1.165, 1.54) is 23.9 Å². The summed E-state index contributed by atoms with van der Waals surface area (Å²) < 4.78 is 15.3. The van der Waals surface area contributed by atoms with E-state index in [1.54, 1.807) is 35.9 Å². The number of halogens is 2. The Morgan fingerprint density at radius 1 is 1.13 bits per heavy atom. The number of hydrogen-bond donors (Lipinski definition) is 2. The SMILES string of the molecule is Cc1ccc(NC(=O)CSc2nnc(CC(=O)Nc3ccccc3F)n2C)cc1Cl. The first-order chi connectivity index (χ1) is 14.3. The van der Waals surface area contributed by atoms with Crippen molar-refractivity contribution in [1.82, 2.24) is 14.8 Å². The van der Waals surface area contributed by atoms with Crippen molar-refractivity contribution in [3.05, 3.63) is 64.7 Å². The number of para-hydroxylation sites is 1. The number of benzene rings is 2. The Labute approximate surface area is 182 Å². The fourth-order valence-corrected chi connectivity index (χ4v) is 3.43. The van der Waals surface area contributed by atoms with Crippen LogP contribution in [0.5, 0.6) is 0 Å². The molecule has 2 N–H and O–H groups in total. The standard InChI is InChI=1S/C20H19ClFN5O2S/c1-12-7-8-13(9-14(12)21)23-19(29)11-30-20-26-25-17(27(20)2)10-18(28)24-16-6-4-3-5-15(16)22/h3-9H,10-11H2,1-2H3,(H,23,29)(H,24,28). The molecule has 0 saturated heterocycles. The summed E-state index contributed by atoms with van der Waals surface area (Å²) in [6, 6.07) is 11.2. The van der Waals surface area contributed by atoms with Gasteiger partial charge in [-0.15, -0.1) is 10.2 Å². The van der Waals surface area contributed by atoms with Crippen molar-refractivity contribution in [1.29, 1.82) is 0 Å². The van der Waals surface area contributed by atoms with Crippen LogP contribution in [-0.2, 0) is 23.1 Å². The van der Waals surface area contributed by atoms with Crippen LogP contribution in [0.4, 0.5) is 15.8 Å². The van der Waals surface area contributed by atoms with Gasteiger partial charge in [0.05, 0.1) is 17.9 Å². The average molecular weight is 448 g/mol. The lowest BCUT2D eigenvalue weighted by Crippen LogP contribution is -2.18. The van der Waals surface area contributed by atoms with Crippen LogP contribution in [0.1, 0.15) is 11.4 Å². The highest BCUT2D eigenvalue weighted by Gasteiger charge is 2.15. The monoisotopic (exact) mass is 447 g/mol. The van der Waals surface area contributed by atoms with E-state index in [-0.39, 0.29) is 23.8 Å². The number of carbonyl (C=O) groups is 2. The van der Waals surface area contributed by atoms with Crippen LogP contribution in [0.15, 0.2) is 47.6 Å². The molecule has 7 nitrogen and oxygen atoms in total. The number of nitrogens with zero attached hydrogens (tertiary/aromatic N) is 3. The predicted octanol–water partition coefficient (Wildman–Crippen LogP) is 3.83. The van der Waals surface area contributed by atoms with Gasteiger partial charge in [-0.25, -0.2) is 4.39 Å². The van der Waals surface area contributed by atoms with Crippen LogP contribution in [0.3, 0.4) is 0 Å². The number of anilines is 2. The molecule has 0 bridgehead atoms. The number of aromatic nitrogens is 3. The highest BCUT2D eigenvalue weighted by molar-refractivity contribution is 7.99. The van der Waals surface area contributed by atoms with E-state index in [0.717, 1.165) is 5.56 Å². The molecule has 1 heterocycles. The lowest BCUT2D eigenvalue weighted by atomic mass is 10.2. The summed E-state index contributed by atoms with van der Waals surface area (Å²) in [6.45, 7) is 1.88. The third kappa shape index (κ3) is 5.58. The first kappa shape index (κ1) is 21.8. The predicted molar refractivity (Wildman–Crippen MR) is 115 cm³/mol. The summed E-state index contributed by atoms with van der Waals surface area (Å²) in [4.78, 5) is 24.4. The van der Waals surface area contributed by atoms with Gasteiger partial charge in [0.15, 0.2) is 5.16 Å². The lowest BCUT2D eigenvalue weighted by Gasteiger charge is -2.07. The van der Waals surface area contributed by atoms with E-state index in [9.17, 15) is 14.0 Å². The van der Waals surface area contributed by atoms with Crippen molar-refractivity contribution in [2.75, 3.05) is 16.4 Å². The fourth-order valence-electron chi connectivity index (χ4n) is 2.52. The minimum Gasteiger partial charge on any atom is -0.325 e. The summed E-state index contributed by atoms with van der Waals surface area (Å²) >= 11 is 7.25. The van der Waals surface area contributed by atoms with Crippen molar-refractivity contribution in [3.8, 4) is 0 Å². The maximum atomic E-state index is 13.6. The molecule has 10 heteroatoms. The maximum absolute atomic E-state index is 13.6. The van der Waals surface area contributed by atoms with Gasteiger partial charge in [-0.2, -0.15) is 0 Å². The molecule has 3 rings (SSSR count). The Balaban J connectivity index is 1.54. The normalized spacial score (nSPS) is 10.7. The molecule has 0 fully saturated rings. The molecule has 2 amide bonds. The van der Waals surface area contributed by atoms with Crippen LogP contribution in [0.2, 0.25) is 5.02 Å². The quantitative estimate of drug-likeness (QED) is 0.537. The van der Waals surface area contributed by atoms with Gasteiger partial charge < -0.3 is 15.2 Å². The number of amides is 2. The van der Waals surface area contributed by atoms with E-state index >= 15 is 0 Å². The summed E-state index contributed by atoms with van der Waals surface area (Å²) in [7, 11) is 1.70. The second-order valence-electron chi connectivity index (χ2n) is 6.46. The van der Waals surface area contributed by atoms with Gasteiger partial charge in [0, 0.05) is 17.8 Å². The van der Waals surface area contributed by atoms with E-state index in [4.69, 9.17) is 11.6 Å². The molecule has 0 aliphatic carbocycles. The molecule has 30 heavy (non-hydrogen) atoms. The van der Waals surface area contributed by atoms with Crippen LogP contribution in [0, 0.1) is 12.7 Å². The molecule has 0 aliphatic heterocycles. The third-order valence-corrected chi connectivity index (χ3v) is 5.61. The molecule has 0 atom stereocenters. The average Bonchev–Trinajstić information content (AvgIpc) is 3.04. The number of hydrogen-bond acceptors (Lipinski definition) is 5. The summed E-state index contributed by atoms with van der Waals surface area (Å²) in [5.74, 6) is -0.639. The number of aryl methyl sites for hydroxylation is 1. The van der Waals surface area contributed by atoms with Crippen molar-refractivity contribution >= 4 is 46.6 Å². The van der Waals surface area contributed by atoms with Crippen molar-refractivity contribution in [2.45, 2.75) is 18.5 Å². The van der Waals surface area contributed by atoms with Gasteiger partial charge >= 0.3 is 0 Å². The molecule has 3 aromatic rings. The van der Waals surface area contributed by atoms with Gasteiger partial charge in [0.1, 0.15) is 11.6 Å². The van der Waals surface area contributed by atoms with Crippen molar-refractivity contribution in [2.24, 2.45) is 7.05 Å². The Hall–Kier alpha value is -2.91. The van der Waals surface area contributed by atoms with Gasteiger partial charge in [-0.3, -0.25) is 9.59 Å². The molecule has 1 aromatic heterocycles. The van der Waals surface area contributed by atoms with Gasteiger partial charge in [-0.05, 0) is 36.8 Å². The van der Waals surface area contributed by atoms with E-state index in [0.29, 0.717) is 21.7 Å². The number of rotatable bonds is 7. The zero-order chi connectivity index (χ0) is 21.7. The topological polar surface area (TPSA) is 88.9 Å². The van der Waals surface area contributed by atoms with Crippen LogP contribution in [-0.4, -0.2) is 32.3 Å². The summed E-state index contributed by atoms with van der Waals surface area (Å²) in [5, 5.41) is 14.3. The number of carbonyl (C=O) groups excluding carboxylic acids is 2. The summed E-state index contributed by atoms with van der Waals surface area (Å²) in [5.41, 5.74) is 1.64. The molecule has 0 spiro atoms. The van der Waals surface area contributed by atoms with Gasteiger partial charge in [-0.1, -0.05) is 41.6 Å². The van der Waals surface area contributed by atoms with Crippen molar-refractivity contribution < 1.29 is 14.0 Å². The largest absolute Gasteiger partial charge is 0.325 e. The molecule has 0 unspecified atom stereocenters. The molecule has 0 aliphatic rings. The number of nitrogens with one attached hydrogen (secondary N) is 2. The second kappa shape index (κ2) is 9.73. The Morgan fingerprint density at radius 2 is 1.90 bits per heavy atom. The number of thioether (sulfide) groups is 1.